The van der Waals surface area contributed by atoms with E-state index in [1.807, 2.05) is 0 Å². The lowest BCUT2D eigenvalue weighted by Gasteiger charge is -2.21. The zero-order valence-electron chi connectivity index (χ0n) is 62.9. The second-order valence-corrected chi connectivity index (χ2v) is 30.8. The van der Waals surface area contributed by atoms with E-state index in [2.05, 4.69) is 65.8 Å². The first-order valence-corrected chi connectivity index (χ1v) is 42.9. The van der Waals surface area contributed by atoms with E-state index in [1.165, 1.54) is 180 Å². The van der Waals surface area contributed by atoms with Crippen LogP contribution in [0.1, 0.15) is 382 Å². The molecule has 7 atom stereocenters. The van der Waals surface area contributed by atoms with Crippen molar-refractivity contribution in [2.24, 2.45) is 11.8 Å². The molecular weight excluding hydrogens is 1270 g/mol. The molecule has 0 rings (SSSR count). The SMILES string of the molecule is CCCCCC/C=C\C=C/CCCCCCCC(=O)OC[C@H](COP(=O)(O)OC[C@@H](O)COP(=O)(O)OC[C@@H](COC(=O)CCCCCCCCCCC(C)CC)OC(=O)CCCCCCCCCCC(C)CC)OC(=O)CCCCCCCCCCCCCCCCCCCC. The molecule has 572 valence electrons. The standard InChI is InChI=1S/C78H148O17P2/c1-7-11-13-15-17-19-21-23-25-26-27-29-31-33-35-44-50-56-62-77(82)94-73(66-88-75(80)60-54-48-42-34-32-30-28-24-22-20-18-16-14-12-8-2)68-92-96(84,85)90-64-72(79)65-91-97(86,87)93-69-74(95-78(83)63-57-51-45-39-37-41-47-53-59-71(6)10-4)67-89-76(81)61-55-49-43-38-36-40-46-52-58-70(5)9-3/h20,22,24,28,70-74,79H,7-19,21,23,25-27,29-69H2,1-6H3,(H,84,85)(H,86,87)/b22-20-,28-24-/t70?,71?,72-,73-,74-/m1/s1. The van der Waals surface area contributed by atoms with Crippen LogP contribution in [0.3, 0.4) is 0 Å². The molecule has 0 aromatic carbocycles. The summed E-state index contributed by atoms with van der Waals surface area (Å²) in [7, 11) is -9.93. The first kappa shape index (κ1) is 94.5. The van der Waals surface area contributed by atoms with Gasteiger partial charge in [-0.15, -0.1) is 0 Å². The highest BCUT2D eigenvalue weighted by Gasteiger charge is 2.30. The number of rotatable bonds is 75. The van der Waals surface area contributed by atoms with Gasteiger partial charge in [-0.25, -0.2) is 9.13 Å². The van der Waals surface area contributed by atoms with Gasteiger partial charge in [0.1, 0.15) is 19.3 Å². The minimum absolute atomic E-state index is 0.101. The zero-order chi connectivity index (χ0) is 71.4. The average Bonchev–Trinajstić information content (AvgIpc) is 1.59. The Morgan fingerprint density at radius 3 is 0.876 bits per heavy atom. The average molecular weight is 1420 g/mol. The lowest BCUT2D eigenvalue weighted by Crippen LogP contribution is -2.30. The van der Waals surface area contributed by atoms with Gasteiger partial charge in [-0.05, 0) is 63.2 Å². The summed E-state index contributed by atoms with van der Waals surface area (Å²) in [5.74, 6) is -0.601. The second kappa shape index (κ2) is 69.3. The summed E-state index contributed by atoms with van der Waals surface area (Å²) in [6.07, 6.45) is 60.3. The van der Waals surface area contributed by atoms with Crippen LogP contribution in [0.5, 0.6) is 0 Å². The van der Waals surface area contributed by atoms with Gasteiger partial charge in [-0.1, -0.05) is 329 Å². The van der Waals surface area contributed by atoms with Gasteiger partial charge in [-0.2, -0.15) is 0 Å². The van der Waals surface area contributed by atoms with Gasteiger partial charge in [0.05, 0.1) is 26.4 Å². The molecule has 19 heteroatoms. The van der Waals surface area contributed by atoms with Crippen LogP contribution < -0.4 is 0 Å². The Morgan fingerprint density at radius 1 is 0.330 bits per heavy atom. The van der Waals surface area contributed by atoms with E-state index in [-0.39, 0.29) is 25.7 Å². The van der Waals surface area contributed by atoms with Crippen LogP contribution in [0.15, 0.2) is 24.3 Å². The smallest absolute Gasteiger partial charge is 0.462 e. The Labute approximate surface area is 592 Å². The summed E-state index contributed by atoms with van der Waals surface area (Å²) in [5.41, 5.74) is 0. The van der Waals surface area contributed by atoms with Gasteiger partial charge in [-0.3, -0.25) is 37.3 Å². The van der Waals surface area contributed by atoms with Gasteiger partial charge in [0.2, 0.25) is 0 Å². The third-order valence-corrected chi connectivity index (χ3v) is 20.2. The van der Waals surface area contributed by atoms with Crippen molar-refractivity contribution in [3.63, 3.8) is 0 Å². The van der Waals surface area contributed by atoms with Gasteiger partial charge in [0, 0.05) is 25.7 Å². The van der Waals surface area contributed by atoms with E-state index in [0.29, 0.717) is 25.7 Å². The molecule has 0 spiro atoms. The number of allylic oxidation sites excluding steroid dienone is 4. The summed E-state index contributed by atoms with van der Waals surface area (Å²) in [6.45, 7) is 9.54. The first-order valence-electron chi connectivity index (χ1n) is 39.9. The third kappa shape index (κ3) is 69.1. The maximum Gasteiger partial charge on any atom is 0.472 e. The molecule has 3 N–H and O–H groups in total. The first-order chi connectivity index (χ1) is 46.9. The molecule has 0 fully saturated rings. The number of hydrogen-bond donors (Lipinski definition) is 3. The van der Waals surface area contributed by atoms with Gasteiger partial charge < -0.3 is 33.8 Å². The number of aliphatic hydroxyl groups is 1. The highest BCUT2D eigenvalue weighted by atomic mass is 31.2. The van der Waals surface area contributed by atoms with Crippen molar-refractivity contribution in [2.75, 3.05) is 39.6 Å². The Balaban J connectivity index is 5.29. The minimum Gasteiger partial charge on any atom is -0.462 e. The lowest BCUT2D eigenvalue weighted by molar-refractivity contribution is -0.161. The Kier molecular flexibility index (Phi) is 67.5. The van der Waals surface area contributed by atoms with Crippen LogP contribution in [-0.2, 0) is 65.4 Å². The van der Waals surface area contributed by atoms with Crippen molar-refractivity contribution in [1.29, 1.82) is 0 Å². The van der Waals surface area contributed by atoms with Crippen LogP contribution in [0.4, 0.5) is 0 Å². The molecule has 0 bridgehead atoms. The number of aliphatic hydroxyl groups excluding tert-OH is 1. The fraction of sp³-hybridized carbons (Fsp3) is 0.897. The quantitative estimate of drug-likeness (QED) is 0.0169. The van der Waals surface area contributed by atoms with E-state index in [1.54, 1.807) is 0 Å². The van der Waals surface area contributed by atoms with Crippen molar-refractivity contribution in [2.45, 2.75) is 400 Å². The highest BCUT2D eigenvalue weighted by molar-refractivity contribution is 7.47. The Morgan fingerprint density at radius 2 is 0.577 bits per heavy atom. The topological polar surface area (TPSA) is 237 Å². The molecule has 0 saturated carbocycles. The number of carbonyl (C=O) groups is 4. The number of unbranched alkanes of at least 4 members (excludes halogenated alkanes) is 40. The van der Waals surface area contributed by atoms with Crippen molar-refractivity contribution in [3.05, 3.63) is 24.3 Å². The maximum atomic E-state index is 13.1. The predicted molar refractivity (Wildman–Crippen MR) is 395 cm³/mol. The molecule has 0 aliphatic carbocycles. The van der Waals surface area contributed by atoms with Gasteiger partial charge in [0.25, 0.3) is 0 Å². The maximum absolute atomic E-state index is 13.1. The predicted octanol–water partition coefficient (Wildman–Crippen LogP) is 22.7. The van der Waals surface area contributed by atoms with Crippen molar-refractivity contribution >= 4 is 39.5 Å². The molecule has 0 saturated heterocycles. The number of ether oxygens (including phenoxy) is 4. The number of carbonyl (C=O) groups excluding carboxylic acids is 4. The number of phosphoric acid groups is 2. The third-order valence-electron chi connectivity index (χ3n) is 18.3. The van der Waals surface area contributed by atoms with E-state index < -0.39 is 97.5 Å². The number of esters is 4. The van der Waals surface area contributed by atoms with Crippen LogP contribution >= 0.6 is 15.6 Å². The Bertz CT molecular complexity index is 1970. The largest absolute Gasteiger partial charge is 0.472 e. The van der Waals surface area contributed by atoms with Crippen LogP contribution in [0.2, 0.25) is 0 Å². The summed E-state index contributed by atoms with van der Waals surface area (Å²) >= 11 is 0. The van der Waals surface area contributed by atoms with Gasteiger partial charge in [0.15, 0.2) is 12.2 Å². The molecule has 0 aliphatic rings. The number of hydrogen-bond acceptors (Lipinski definition) is 15. The monoisotopic (exact) mass is 1420 g/mol. The molecule has 17 nitrogen and oxygen atoms in total. The molecule has 0 aromatic heterocycles. The molecule has 97 heavy (non-hydrogen) atoms. The second-order valence-electron chi connectivity index (χ2n) is 27.9. The van der Waals surface area contributed by atoms with Crippen molar-refractivity contribution in [1.82, 2.24) is 0 Å². The van der Waals surface area contributed by atoms with E-state index >= 15 is 0 Å². The molecule has 4 unspecified atom stereocenters. The van der Waals surface area contributed by atoms with E-state index in [4.69, 9.17) is 37.0 Å². The zero-order valence-corrected chi connectivity index (χ0v) is 64.7. The fourth-order valence-electron chi connectivity index (χ4n) is 11.4. The molecule has 0 aliphatic heterocycles. The van der Waals surface area contributed by atoms with Crippen LogP contribution in [-0.4, -0.2) is 96.7 Å². The normalized spacial score (nSPS) is 14.7. The molecule has 0 radical (unpaired) electrons. The van der Waals surface area contributed by atoms with Crippen molar-refractivity contribution in [3.8, 4) is 0 Å². The van der Waals surface area contributed by atoms with Crippen LogP contribution in [0.25, 0.3) is 0 Å². The minimum atomic E-state index is -4.97. The molecule has 0 amide bonds. The van der Waals surface area contributed by atoms with Crippen molar-refractivity contribution < 1.29 is 80.2 Å². The molecular formula is C78H148O17P2. The number of phosphoric ester groups is 2. The van der Waals surface area contributed by atoms with Gasteiger partial charge >= 0.3 is 39.5 Å². The summed E-state index contributed by atoms with van der Waals surface area (Å²) < 4.78 is 68.6. The van der Waals surface area contributed by atoms with E-state index in [9.17, 15) is 43.2 Å². The summed E-state index contributed by atoms with van der Waals surface area (Å²) in [6, 6.07) is 0. The highest BCUT2D eigenvalue weighted by Crippen LogP contribution is 2.45. The summed E-state index contributed by atoms with van der Waals surface area (Å²) in [5, 5.41) is 10.6. The van der Waals surface area contributed by atoms with Crippen LogP contribution in [0, 0.1) is 11.8 Å². The molecule has 0 aromatic rings. The molecule has 0 heterocycles. The fourth-order valence-corrected chi connectivity index (χ4v) is 13.0. The van der Waals surface area contributed by atoms with E-state index in [0.717, 1.165) is 121 Å². The Hall–Kier alpha value is -2.46. The summed E-state index contributed by atoms with van der Waals surface area (Å²) in [4.78, 5) is 72.9. The lowest BCUT2D eigenvalue weighted by atomic mass is 9.99.